The standard InChI is InChI=1S/C28H25ClFN3O5/c1-17(21-9-5-6-10-22(21)29)37-28(36)32-24-25(38-33-26(24)30)20-13-11-19(12-14-20)16-31-23(27(34)35)15-18-7-3-2-4-8-18/h2-14,17,23,31H,15-16H2,1H3,(H,32,36)(H,34,35). The first-order valence-electron chi connectivity index (χ1n) is 11.8. The number of hydrogen-bond donors (Lipinski definition) is 3. The van der Waals surface area contributed by atoms with Crippen molar-refractivity contribution in [2.45, 2.75) is 32.0 Å². The second kappa shape index (κ2) is 12.4. The van der Waals surface area contributed by atoms with E-state index >= 15 is 0 Å². The molecule has 3 aromatic carbocycles. The summed E-state index contributed by atoms with van der Waals surface area (Å²) in [5.74, 6) is -1.94. The molecule has 0 saturated carbocycles. The number of anilines is 1. The average Bonchev–Trinajstić information content (AvgIpc) is 3.27. The van der Waals surface area contributed by atoms with Crippen molar-refractivity contribution in [3.8, 4) is 11.3 Å². The van der Waals surface area contributed by atoms with Crippen LogP contribution in [0.2, 0.25) is 5.02 Å². The summed E-state index contributed by atoms with van der Waals surface area (Å²) < 4.78 is 24.8. The molecule has 1 amide bonds. The van der Waals surface area contributed by atoms with Gasteiger partial charge in [0.05, 0.1) is 0 Å². The van der Waals surface area contributed by atoms with Crippen LogP contribution in [0.4, 0.5) is 14.9 Å². The third-order valence-corrected chi connectivity index (χ3v) is 6.20. The van der Waals surface area contributed by atoms with Gasteiger partial charge in [-0.2, -0.15) is 4.39 Å². The Bertz CT molecular complexity index is 1400. The fourth-order valence-electron chi connectivity index (χ4n) is 3.85. The zero-order valence-corrected chi connectivity index (χ0v) is 21.1. The Hall–Kier alpha value is -4.21. The molecule has 0 saturated heterocycles. The minimum Gasteiger partial charge on any atom is -0.480 e. The van der Waals surface area contributed by atoms with Gasteiger partial charge < -0.3 is 19.7 Å². The van der Waals surface area contributed by atoms with Gasteiger partial charge in [0.1, 0.15) is 17.8 Å². The normalized spacial score (nSPS) is 12.5. The van der Waals surface area contributed by atoms with Crippen molar-refractivity contribution >= 4 is 29.4 Å². The van der Waals surface area contributed by atoms with Crippen LogP contribution < -0.4 is 10.6 Å². The SMILES string of the molecule is CC(OC(=O)Nc1c(F)noc1-c1ccc(CNC(Cc2ccccc2)C(=O)O)cc1)c1ccccc1Cl. The highest BCUT2D eigenvalue weighted by Gasteiger charge is 2.23. The van der Waals surface area contributed by atoms with Crippen LogP contribution in [0.3, 0.4) is 0 Å². The minimum atomic E-state index is -1.00. The molecule has 2 unspecified atom stereocenters. The number of ether oxygens (including phenoxy) is 1. The van der Waals surface area contributed by atoms with Gasteiger partial charge in [0, 0.05) is 22.7 Å². The number of aromatic nitrogens is 1. The maximum absolute atomic E-state index is 14.4. The first-order chi connectivity index (χ1) is 18.3. The van der Waals surface area contributed by atoms with E-state index in [0.717, 1.165) is 11.1 Å². The lowest BCUT2D eigenvalue weighted by atomic mass is 10.1. The molecule has 0 bridgehead atoms. The Kier molecular flexibility index (Phi) is 8.73. The first-order valence-corrected chi connectivity index (χ1v) is 12.2. The molecule has 1 aromatic heterocycles. The van der Waals surface area contributed by atoms with Gasteiger partial charge in [-0.15, -0.1) is 0 Å². The van der Waals surface area contributed by atoms with Crippen LogP contribution in [-0.4, -0.2) is 28.4 Å². The van der Waals surface area contributed by atoms with Crippen LogP contribution >= 0.6 is 11.6 Å². The van der Waals surface area contributed by atoms with Gasteiger partial charge in [0.25, 0.3) is 5.95 Å². The number of nitrogens with one attached hydrogen (secondary N) is 2. The predicted molar refractivity (Wildman–Crippen MR) is 140 cm³/mol. The summed E-state index contributed by atoms with van der Waals surface area (Å²) in [6, 6.07) is 22.3. The summed E-state index contributed by atoms with van der Waals surface area (Å²) >= 11 is 6.15. The van der Waals surface area contributed by atoms with Crippen molar-refractivity contribution in [1.29, 1.82) is 0 Å². The summed E-state index contributed by atoms with van der Waals surface area (Å²) in [6.07, 6.45) is -1.25. The summed E-state index contributed by atoms with van der Waals surface area (Å²) in [4.78, 5) is 24.1. The molecule has 3 N–H and O–H groups in total. The van der Waals surface area contributed by atoms with E-state index in [1.807, 2.05) is 30.3 Å². The molecule has 8 nitrogen and oxygen atoms in total. The Labute approximate surface area is 223 Å². The van der Waals surface area contributed by atoms with Crippen molar-refractivity contribution < 1.29 is 28.3 Å². The smallest absolute Gasteiger partial charge is 0.412 e. The minimum absolute atomic E-state index is 0.0110. The van der Waals surface area contributed by atoms with Crippen LogP contribution in [0.25, 0.3) is 11.3 Å². The molecule has 38 heavy (non-hydrogen) atoms. The summed E-state index contributed by atoms with van der Waals surface area (Å²) in [6.45, 7) is 1.94. The highest BCUT2D eigenvalue weighted by molar-refractivity contribution is 6.31. The zero-order valence-electron chi connectivity index (χ0n) is 20.4. The Morgan fingerprint density at radius 2 is 1.71 bits per heavy atom. The van der Waals surface area contributed by atoms with E-state index in [1.165, 1.54) is 0 Å². The summed E-state index contributed by atoms with van der Waals surface area (Å²) in [5.41, 5.74) is 2.51. The number of carboxylic acid groups (broad SMARTS) is 1. The molecule has 0 radical (unpaired) electrons. The molecule has 4 rings (SSSR count). The number of aliphatic carboxylic acids is 1. The second-order valence-electron chi connectivity index (χ2n) is 8.53. The van der Waals surface area contributed by atoms with Gasteiger partial charge >= 0.3 is 12.1 Å². The van der Waals surface area contributed by atoms with Crippen molar-refractivity contribution in [3.05, 3.63) is 107 Å². The van der Waals surface area contributed by atoms with Gasteiger partial charge in [0.2, 0.25) is 0 Å². The number of carbonyl (C=O) groups excluding carboxylic acids is 1. The van der Waals surface area contributed by atoms with Gasteiger partial charge in [0.15, 0.2) is 5.76 Å². The molecule has 0 aliphatic carbocycles. The molecule has 0 fully saturated rings. The Morgan fingerprint density at radius 1 is 1.03 bits per heavy atom. The van der Waals surface area contributed by atoms with Crippen molar-refractivity contribution in [2.24, 2.45) is 0 Å². The monoisotopic (exact) mass is 537 g/mol. The van der Waals surface area contributed by atoms with E-state index in [0.29, 0.717) is 29.1 Å². The summed E-state index contributed by atoms with van der Waals surface area (Å²) in [7, 11) is 0. The molecular formula is C28H25ClFN3O5. The molecule has 0 aliphatic rings. The number of halogens is 2. The third-order valence-electron chi connectivity index (χ3n) is 5.85. The molecule has 1 heterocycles. The Balaban J connectivity index is 1.40. The number of rotatable bonds is 10. The van der Waals surface area contributed by atoms with Crippen molar-refractivity contribution in [2.75, 3.05) is 5.32 Å². The van der Waals surface area contributed by atoms with E-state index in [4.69, 9.17) is 20.9 Å². The molecular weight excluding hydrogens is 513 g/mol. The van der Waals surface area contributed by atoms with Crippen LogP contribution in [-0.2, 0) is 22.5 Å². The lowest BCUT2D eigenvalue weighted by Crippen LogP contribution is -2.38. The van der Waals surface area contributed by atoms with Gasteiger partial charge in [-0.05, 0) is 35.7 Å². The predicted octanol–water partition coefficient (Wildman–Crippen LogP) is 6.23. The number of hydrogen-bond acceptors (Lipinski definition) is 6. The average molecular weight is 538 g/mol. The van der Waals surface area contributed by atoms with Crippen LogP contribution in [0, 0.1) is 5.95 Å². The van der Waals surface area contributed by atoms with E-state index in [-0.39, 0.29) is 11.4 Å². The summed E-state index contributed by atoms with van der Waals surface area (Å²) in [5, 5.41) is 18.7. The second-order valence-corrected chi connectivity index (χ2v) is 8.94. The largest absolute Gasteiger partial charge is 0.480 e. The molecule has 2 atom stereocenters. The number of benzene rings is 3. The van der Waals surface area contributed by atoms with Crippen molar-refractivity contribution in [3.63, 3.8) is 0 Å². The van der Waals surface area contributed by atoms with E-state index in [1.54, 1.807) is 55.5 Å². The zero-order chi connectivity index (χ0) is 27.1. The highest BCUT2D eigenvalue weighted by atomic mass is 35.5. The fraction of sp³-hybridized carbons (Fsp3) is 0.179. The van der Waals surface area contributed by atoms with Gasteiger partial charge in [-0.25, -0.2) is 4.79 Å². The van der Waals surface area contributed by atoms with Crippen LogP contribution in [0.15, 0.2) is 83.4 Å². The molecule has 4 aromatic rings. The quantitative estimate of drug-likeness (QED) is 0.220. The topological polar surface area (TPSA) is 114 Å². The first kappa shape index (κ1) is 26.8. The van der Waals surface area contributed by atoms with E-state index in [9.17, 15) is 19.1 Å². The number of carboxylic acids is 1. The van der Waals surface area contributed by atoms with Gasteiger partial charge in [-0.1, -0.05) is 84.4 Å². The maximum Gasteiger partial charge on any atom is 0.412 e. The maximum atomic E-state index is 14.4. The van der Waals surface area contributed by atoms with Crippen molar-refractivity contribution in [1.82, 2.24) is 10.5 Å². The van der Waals surface area contributed by atoms with E-state index < -0.39 is 30.2 Å². The molecule has 10 heteroatoms. The fourth-order valence-corrected chi connectivity index (χ4v) is 4.14. The van der Waals surface area contributed by atoms with Crippen LogP contribution in [0.5, 0.6) is 0 Å². The molecule has 0 aliphatic heterocycles. The lowest BCUT2D eigenvalue weighted by Gasteiger charge is -2.15. The highest BCUT2D eigenvalue weighted by Crippen LogP contribution is 2.32. The molecule has 196 valence electrons. The third kappa shape index (κ3) is 6.76. The number of carbonyl (C=O) groups is 2. The Morgan fingerprint density at radius 3 is 2.39 bits per heavy atom. The van der Waals surface area contributed by atoms with Gasteiger partial charge in [-0.3, -0.25) is 10.1 Å². The van der Waals surface area contributed by atoms with Crippen LogP contribution in [0.1, 0.15) is 29.7 Å². The number of amides is 1. The van der Waals surface area contributed by atoms with E-state index in [2.05, 4.69) is 15.8 Å². The molecule has 0 spiro atoms. The number of nitrogens with zero attached hydrogens (tertiary/aromatic N) is 1. The lowest BCUT2D eigenvalue weighted by molar-refractivity contribution is -0.139.